The van der Waals surface area contributed by atoms with Crippen molar-refractivity contribution in [1.82, 2.24) is 14.7 Å². The molecule has 1 aliphatic carbocycles. The van der Waals surface area contributed by atoms with Crippen LogP contribution in [0.25, 0.3) is 4.96 Å². The van der Waals surface area contributed by atoms with Crippen LogP contribution in [-0.4, -0.2) is 32.4 Å². The number of carbonyl (C=O) groups is 2. The first-order valence-corrected chi connectivity index (χ1v) is 7.35. The number of thiazole rings is 1. The van der Waals surface area contributed by atoms with E-state index in [1.54, 1.807) is 12.3 Å². The second-order valence-electron chi connectivity index (χ2n) is 5.15. The van der Waals surface area contributed by atoms with Gasteiger partial charge in [-0.2, -0.15) is 0 Å². The zero-order valence-corrected chi connectivity index (χ0v) is 12.0. The van der Waals surface area contributed by atoms with Crippen LogP contribution in [0.3, 0.4) is 0 Å². The molecule has 2 aromatic heterocycles. The van der Waals surface area contributed by atoms with Crippen molar-refractivity contribution in [2.45, 2.75) is 25.8 Å². The van der Waals surface area contributed by atoms with Gasteiger partial charge < -0.3 is 10.4 Å². The van der Waals surface area contributed by atoms with Gasteiger partial charge in [0.25, 0.3) is 11.5 Å². The molecule has 0 aromatic carbocycles. The molecule has 0 atom stereocenters. The minimum atomic E-state index is -0.849. The average Bonchev–Trinajstić information content (AvgIpc) is 2.75. The number of hydrogen-bond acceptors (Lipinski definition) is 5. The van der Waals surface area contributed by atoms with E-state index in [2.05, 4.69) is 10.3 Å². The van der Waals surface area contributed by atoms with E-state index in [1.807, 2.05) is 0 Å². The summed E-state index contributed by atoms with van der Waals surface area (Å²) in [6.07, 6.45) is 2.07. The third kappa shape index (κ3) is 2.31. The SMILES string of the molecule is Cc1csc2ncc(C(=O)NC3CC(C(=O)O)C3)c(=O)n12. The van der Waals surface area contributed by atoms with Crippen LogP contribution >= 0.6 is 11.3 Å². The number of carboxylic acid groups (broad SMARTS) is 1. The summed E-state index contributed by atoms with van der Waals surface area (Å²) in [7, 11) is 0. The van der Waals surface area contributed by atoms with E-state index in [1.165, 1.54) is 21.9 Å². The first-order chi connectivity index (χ1) is 9.97. The molecule has 1 saturated carbocycles. The third-order valence-corrected chi connectivity index (χ3v) is 4.64. The van der Waals surface area contributed by atoms with Crippen LogP contribution in [-0.2, 0) is 4.79 Å². The standard InChI is InChI=1S/C13H13N3O4S/c1-6-5-21-13-14-4-9(11(18)16(6)13)10(17)15-8-2-7(3-8)12(19)20/h4-5,7-8H,2-3H2,1H3,(H,15,17)(H,19,20). The Morgan fingerprint density at radius 1 is 1.48 bits per heavy atom. The lowest BCUT2D eigenvalue weighted by Crippen LogP contribution is -2.47. The van der Waals surface area contributed by atoms with Gasteiger partial charge in [0.15, 0.2) is 4.96 Å². The van der Waals surface area contributed by atoms with E-state index in [0.717, 1.165) is 5.69 Å². The number of aromatic nitrogens is 2. The Bertz CT molecular complexity index is 788. The highest BCUT2D eigenvalue weighted by Gasteiger charge is 2.35. The van der Waals surface area contributed by atoms with Gasteiger partial charge in [-0.15, -0.1) is 11.3 Å². The van der Waals surface area contributed by atoms with Crippen LogP contribution in [0.2, 0.25) is 0 Å². The summed E-state index contributed by atoms with van der Waals surface area (Å²) in [6, 6.07) is -0.192. The van der Waals surface area contributed by atoms with E-state index in [9.17, 15) is 14.4 Å². The lowest BCUT2D eigenvalue weighted by molar-refractivity contribution is -0.145. The number of carbonyl (C=O) groups excluding carboxylic acids is 1. The normalized spacial score (nSPS) is 21.0. The number of carboxylic acids is 1. The minimum Gasteiger partial charge on any atom is -0.481 e. The molecule has 2 heterocycles. The quantitative estimate of drug-likeness (QED) is 0.867. The Balaban J connectivity index is 1.80. The van der Waals surface area contributed by atoms with E-state index in [-0.39, 0.29) is 11.6 Å². The number of aryl methyl sites for hydroxylation is 1. The van der Waals surface area contributed by atoms with Crippen molar-refractivity contribution in [3.63, 3.8) is 0 Å². The fraction of sp³-hybridized carbons (Fsp3) is 0.385. The maximum atomic E-state index is 12.3. The van der Waals surface area contributed by atoms with Crippen LogP contribution in [0.1, 0.15) is 28.9 Å². The zero-order chi connectivity index (χ0) is 15.1. The lowest BCUT2D eigenvalue weighted by atomic mass is 9.80. The van der Waals surface area contributed by atoms with Crippen molar-refractivity contribution in [2.75, 3.05) is 0 Å². The molecule has 0 bridgehead atoms. The molecular formula is C13H13N3O4S. The van der Waals surface area contributed by atoms with Gasteiger partial charge in [-0.25, -0.2) is 4.98 Å². The second-order valence-corrected chi connectivity index (χ2v) is 5.99. The molecule has 1 amide bonds. The van der Waals surface area contributed by atoms with Crippen molar-refractivity contribution >= 4 is 28.2 Å². The molecular weight excluding hydrogens is 294 g/mol. The van der Waals surface area contributed by atoms with Gasteiger partial charge >= 0.3 is 5.97 Å². The number of fused-ring (bicyclic) bond motifs is 1. The lowest BCUT2D eigenvalue weighted by Gasteiger charge is -2.32. The summed E-state index contributed by atoms with van der Waals surface area (Å²) in [5.41, 5.74) is 0.315. The second kappa shape index (κ2) is 4.96. The van der Waals surface area contributed by atoms with E-state index >= 15 is 0 Å². The first kappa shape index (κ1) is 13.7. The van der Waals surface area contributed by atoms with Crippen molar-refractivity contribution in [2.24, 2.45) is 5.92 Å². The highest BCUT2D eigenvalue weighted by atomic mass is 32.1. The predicted octanol–water partition coefficient (Wildman–Crippen LogP) is 0.657. The summed E-state index contributed by atoms with van der Waals surface area (Å²) >= 11 is 1.34. The molecule has 21 heavy (non-hydrogen) atoms. The van der Waals surface area contributed by atoms with Gasteiger partial charge in [-0.1, -0.05) is 0 Å². The largest absolute Gasteiger partial charge is 0.481 e. The van der Waals surface area contributed by atoms with Crippen LogP contribution in [0.15, 0.2) is 16.4 Å². The molecule has 0 aliphatic heterocycles. The molecule has 0 radical (unpaired) electrons. The highest BCUT2D eigenvalue weighted by Crippen LogP contribution is 2.27. The molecule has 2 N–H and O–H groups in total. The first-order valence-electron chi connectivity index (χ1n) is 6.47. The number of hydrogen-bond donors (Lipinski definition) is 2. The zero-order valence-electron chi connectivity index (χ0n) is 11.2. The predicted molar refractivity (Wildman–Crippen MR) is 75.7 cm³/mol. The van der Waals surface area contributed by atoms with Gasteiger partial charge in [0.05, 0.1) is 5.92 Å². The Labute approximate surface area is 123 Å². The van der Waals surface area contributed by atoms with Crippen LogP contribution in [0.5, 0.6) is 0 Å². The smallest absolute Gasteiger partial charge is 0.306 e. The molecule has 110 valence electrons. The summed E-state index contributed by atoms with van der Waals surface area (Å²) in [5.74, 6) is -1.75. The van der Waals surface area contributed by atoms with Gasteiger partial charge in [0.1, 0.15) is 5.56 Å². The van der Waals surface area contributed by atoms with E-state index in [4.69, 9.17) is 5.11 Å². The van der Waals surface area contributed by atoms with Gasteiger partial charge in [-0.3, -0.25) is 18.8 Å². The van der Waals surface area contributed by atoms with Crippen LogP contribution in [0.4, 0.5) is 0 Å². The summed E-state index contributed by atoms with van der Waals surface area (Å²) in [5, 5.41) is 13.3. The van der Waals surface area contributed by atoms with E-state index < -0.39 is 23.4 Å². The Hall–Kier alpha value is -2.22. The van der Waals surface area contributed by atoms with Crippen LogP contribution < -0.4 is 10.9 Å². The van der Waals surface area contributed by atoms with Crippen molar-refractivity contribution in [3.8, 4) is 0 Å². The number of nitrogens with one attached hydrogen (secondary N) is 1. The summed E-state index contributed by atoms with van der Waals surface area (Å²) in [4.78, 5) is 39.8. The molecule has 0 unspecified atom stereocenters. The molecule has 1 aliphatic rings. The molecule has 0 spiro atoms. The maximum absolute atomic E-state index is 12.3. The molecule has 0 saturated heterocycles. The monoisotopic (exact) mass is 307 g/mol. The van der Waals surface area contributed by atoms with Crippen molar-refractivity contribution < 1.29 is 14.7 Å². The Morgan fingerprint density at radius 3 is 2.86 bits per heavy atom. The summed E-state index contributed by atoms with van der Waals surface area (Å²) < 4.78 is 1.40. The van der Waals surface area contributed by atoms with Gasteiger partial charge in [0, 0.05) is 23.3 Å². The number of nitrogens with zero attached hydrogens (tertiary/aromatic N) is 2. The molecule has 8 heteroatoms. The van der Waals surface area contributed by atoms with Crippen LogP contribution in [0, 0.1) is 12.8 Å². The molecule has 1 fully saturated rings. The number of rotatable bonds is 3. The fourth-order valence-electron chi connectivity index (χ4n) is 2.38. The highest BCUT2D eigenvalue weighted by molar-refractivity contribution is 7.15. The number of aliphatic carboxylic acids is 1. The third-order valence-electron chi connectivity index (χ3n) is 3.68. The van der Waals surface area contributed by atoms with Crippen molar-refractivity contribution in [1.29, 1.82) is 0 Å². The van der Waals surface area contributed by atoms with Gasteiger partial charge in [0.2, 0.25) is 0 Å². The average molecular weight is 307 g/mol. The van der Waals surface area contributed by atoms with Gasteiger partial charge in [-0.05, 0) is 19.8 Å². The molecule has 3 rings (SSSR count). The van der Waals surface area contributed by atoms with Crippen molar-refractivity contribution in [3.05, 3.63) is 33.2 Å². The Morgan fingerprint density at radius 2 is 2.19 bits per heavy atom. The summed E-state index contributed by atoms with van der Waals surface area (Å²) in [6.45, 7) is 1.78. The maximum Gasteiger partial charge on any atom is 0.306 e. The number of amides is 1. The fourth-order valence-corrected chi connectivity index (χ4v) is 3.21. The Kier molecular flexibility index (Phi) is 3.25. The van der Waals surface area contributed by atoms with E-state index in [0.29, 0.717) is 17.8 Å². The minimum absolute atomic E-state index is 0.0206. The molecule has 2 aromatic rings. The topological polar surface area (TPSA) is 101 Å². The molecule has 7 nitrogen and oxygen atoms in total.